The van der Waals surface area contributed by atoms with Crippen LogP contribution in [0.1, 0.15) is 29.8 Å². The highest BCUT2D eigenvalue weighted by Gasteiger charge is 2.27. The van der Waals surface area contributed by atoms with E-state index in [9.17, 15) is 4.79 Å². The summed E-state index contributed by atoms with van der Waals surface area (Å²) in [4.78, 5) is 11.7. The first kappa shape index (κ1) is 11.8. The summed E-state index contributed by atoms with van der Waals surface area (Å²) in [5, 5.41) is 18.7. The number of aliphatic hydroxyl groups excluding tert-OH is 1. The van der Waals surface area contributed by atoms with Crippen LogP contribution in [0.3, 0.4) is 0 Å². The van der Waals surface area contributed by atoms with E-state index < -0.39 is 0 Å². The zero-order valence-corrected chi connectivity index (χ0v) is 9.43. The molecule has 7 heteroatoms. The van der Waals surface area contributed by atoms with Crippen LogP contribution < -0.4 is 11.1 Å². The van der Waals surface area contributed by atoms with Crippen LogP contribution in [0.5, 0.6) is 0 Å². The van der Waals surface area contributed by atoms with Crippen molar-refractivity contribution in [3.8, 4) is 0 Å². The first-order valence-corrected chi connectivity index (χ1v) is 5.69. The zero-order chi connectivity index (χ0) is 12.3. The van der Waals surface area contributed by atoms with Crippen molar-refractivity contribution >= 4 is 11.7 Å². The normalized spacial score (nSPS) is 23.8. The molecule has 2 atom stereocenters. The molecule has 0 spiro atoms. The van der Waals surface area contributed by atoms with Crippen LogP contribution >= 0.6 is 0 Å². The van der Waals surface area contributed by atoms with Crippen molar-refractivity contribution in [3.05, 3.63) is 5.69 Å². The molecule has 17 heavy (non-hydrogen) atoms. The maximum Gasteiger partial charge on any atom is 0.277 e. The number of nitrogen functional groups attached to an aromatic ring is 1. The van der Waals surface area contributed by atoms with Crippen LogP contribution in [-0.4, -0.2) is 34.5 Å². The minimum Gasteiger partial charge on any atom is -0.396 e. The standard InChI is InChI=1S/C10H16N4O3/c11-9-8(13-17-14-9)10(16)12-4-6-2-1-3-7(6)5-15/h6-7,15H,1-5H2,(H2,11,14)(H,12,16). The van der Waals surface area contributed by atoms with Gasteiger partial charge in [-0.2, -0.15) is 0 Å². The number of hydrogen-bond acceptors (Lipinski definition) is 6. The molecule has 0 radical (unpaired) electrons. The molecule has 7 nitrogen and oxygen atoms in total. The number of carbonyl (C=O) groups excluding carboxylic acids is 1. The number of nitrogens with zero attached hydrogens (tertiary/aromatic N) is 2. The van der Waals surface area contributed by atoms with E-state index in [0.717, 1.165) is 19.3 Å². The molecule has 1 aliphatic carbocycles. The number of carbonyl (C=O) groups is 1. The van der Waals surface area contributed by atoms with Crippen molar-refractivity contribution in [2.75, 3.05) is 18.9 Å². The third-order valence-corrected chi connectivity index (χ3v) is 3.30. The lowest BCUT2D eigenvalue weighted by atomic mass is 9.97. The van der Waals surface area contributed by atoms with Crippen molar-refractivity contribution in [2.45, 2.75) is 19.3 Å². The van der Waals surface area contributed by atoms with E-state index in [1.54, 1.807) is 0 Å². The Morgan fingerprint density at radius 2 is 2.24 bits per heavy atom. The first-order chi connectivity index (χ1) is 8.22. The average molecular weight is 240 g/mol. The minimum atomic E-state index is -0.382. The van der Waals surface area contributed by atoms with E-state index >= 15 is 0 Å². The van der Waals surface area contributed by atoms with Gasteiger partial charge in [-0.25, -0.2) is 4.63 Å². The van der Waals surface area contributed by atoms with E-state index in [0.29, 0.717) is 12.5 Å². The summed E-state index contributed by atoms with van der Waals surface area (Å²) in [6, 6.07) is 0. The van der Waals surface area contributed by atoms with Crippen molar-refractivity contribution in [1.82, 2.24) is 15.6 Å². The molecule has 2 unspecified atom stereocenters. The summed E-state index contributed by atoms with van der Waals surface area (Å²) in [6.07, 6.45) is 3.14. The van der Waals surface area contributed by atoms with E-state index in [1.807, 2.05) is 0 Å². The van der Waals surface area contributed by atoms with Crippen molar-refractivity contribution in [1.29, 1.82) is 0 Å². The molecule has 0 aromatic carbocycles. The van der Waals surface area contributed by atoms with Gasteiger partial charge in [0.05, 0.1) is 0 Å². The Balaban J connectivity index is 1.86. The molecule has 0 aliphatic heterocycles. The van der Waals surface area contributed by atoms with Crippen LogP contribution in [-0.2, 0) is 0 Å². The first-order valence-electron chi connectivity index (χ1n) is 5.69. The Kier molecular flexibility index (Phi) is 3.58. The topological polar surface area (TPSA) is 114 Å². The van der Waals surface area contributed by atoms with E-state index in [-0.39, 0.29) is 29.9 Å². The quantitative estimate of drug-likeness (QED) is 0.671. The van der Waals surface area contributed by atoms with Crippen LogP contribution in [0, 0.1) is 11.8 Å². The van der Waals surface area contributed by atoms with Gasteiger partial charge in [0.1, 0.15) is 0 Å². The zero-order valence-electron chi connectivity index (χ0n) is 9.43. The van der Waals surface area contributed by atoms with Crippen LogP contribution in [0.2, 0.25) is 0 Å². The molecule has 2 rings (SSSR count). The van der Waals surface area contributed by atoms with Gasteiger partial charge in [-0.05, 0) is 35.0 Å². The number of rotatable bonds is 4. The highest BCUT2D eigenvalue weighted by Crippen LogP contribution is 2.30. The summed E-state index contributed by atoms with van der Waals surface area (Å²) in [5.41, 5.74) is 5.43. The fourth-order valence-corrected chi connectivity index (χ4v) is 2.28. The lowest BCUT2D eigenvalue weighted by Gasteiger charge is -2.17. The average Bonchev–Trinajstić information content (AvgIpc) is 2.94. The molecule has 1 amide bonds. The van der Waals surface area contributed by atoms with Crippen LogP contribution in [0.4, 0.5) is 5.82 Å². The second-order valence-corrected chi connectivity index (χ2v) is 4.34. The molecule has 1 aliphatic rings. The minimum absolute atomic E-state index is 0.00682. The molecule has 1 fully saturated rings. The largest absolute Gasteiger partial charge is 0.396 e. The van der Waals surface area contributed by atoms with Gasteiger partial charge < -0.3 is 16.2 Å². The molecule has 4 N–H and O–H groups in total. The van der Waals surface area contributed by atoms with Gasteiger partial charge >= 0.3 is 0 Å². The Bertz CT molecular complexity index is 393. The number of aromatic nitrogens is 2. The molecule has 94 valence electrons. The molecule has 1 heterocycles. The van der Waals surface area contributed by atoms with Gasteiger partial charge in [-0.1, -0.05) is 6.42 Å². The fraction of sp³-hybridized carbons (Fsp3) is 0.700. The summed E-state index contributed by atoms with van der Waals surface area (Å²) in [6.45, 7) is 0.699. The van der Waals surface area contributed by atoms with Crippen LogP contribution in [0.15, 0.2) is 4.63 Å². The number of nitrogens with two attached hydrogens (primary N) is 1. The van der Waals surface area contributed by atoms with Crippen LogP contribution in [0.25, 0.3) is 0 Å². The smallest absolute Gasteiger partial charge is 0.277 e. The highest BCUT2D eigenvalue weighted by atomic mass is 16.6. The number of anilines is 1. The van der Waals surface area contributed by atoms with E-state index in [4.69, 9.17) is 10.8 Å². The summed E-state index contributed by atoms with van der Waals surface area (Å²) < 4.78 is 4.35. The second kappa shape index (κ2) is 5.13. The summed E-state index contributed by atoms with van der Waals surface area (Å²) in [5.74, 6) is 0.216. The third kappa shape index (κ3) is 2.55. The molecule has 1 saturated carbocycles. The molecule has 0 saturated heterocycles. The van der Waals surface area contributed by atoms with E-state index in [1.165, 1.54) is 0 Å². The van der Waals surface area contributed by atoms with Crippen molar-refractivity contribution < 1.29 is 14.5 Å². The maximum absolute atomic E-state index is 11.7. The van der Waals surface area contributed by atoms with Gasteiger partial charge in [0.15, 0.2) is 0 Å². The number of nitrogens with one attached hydrogen (secondary N) is 1. The highest BCUT2D eigenvalue weighted by molar-refractivity contribution is 5.95. The molecule has 1 aromatic rings. The number of amides is 1. The molecule has 0 bridgehead atoms. The third-order valence-electron chi connectivity index (χ3n) is 3.30. The molecular formula is C10H16N4O3. The lowest BCUT2D eigenvalue weighted by Crippen LogP contribution is -2.32. The summed E-state index contributed by atoms with van der Waals surface area (Å²) >= 11 is 0. The monoisotopic (exact) mass is 240 g/mol. The molecular weight excluding hydrogens is 224 g/mol. The molecule has 1 aromatic heterocycles. The Morgan fingerprint density at radius 3 is 2.88 bits per heavy atom. The van der Waals surface area contributed by atoms with Gasteiger partial charge in [0.25, 0.3) is 5.91 Å². The SMILES string of the molecule is Nc1nonc1C(=O)NCC1CCCC1CO. The van der Waals surface area contributed by atoms with Gasteiger partial charge in [0, 0.05) is 13.2 Å². The van der Waals surface area contributed by atoms with Crippen molar-refractivity contribution in [3.63, 3.8) is 0 Å². The van der Waals surface area contributed by atoms with E-state index in [2.05, 4.69) is 20.3 Å². The Hall–Kier alpha value is -1.63. The Labute approximate surface area is 98.3 Å². The van der Waals surface area contributed by atoms with Gasteiger partial charge in [0.2, 0.25) is 11.5 Å². The maximum atomic E-state index is 11.7. The predicted molar refractivity (Wildman–Crippen MR) is 59.0 cm³/mol. The second-order valence-electron chi connectivity index (χ2n) is 4.34. The van der Waals surface area contributed by atoms with Gasteiger partial charge in [-0.15, -0.1) is 0 Å². The van der Waals surface area contributed by atoms with Crippen molar-refractivity contribution in [2.24, 2.45) is 11.8 Å². The van der Waals surface area contributed by atoms with Gasteiger partial charge in [-0.3, -0.25) is 4.79 Å². The predicted octanol–water partition coefficient (Wildman–Crippen LogP) is -0.210. The lowest BCUT2D eigenvalue weighted by molar-refractivity contribution is 0.0928. The fourth-order valence-electron chi connectivity index (χ4n) is 2.28. The summed E-state index contributed by atoms with van der Waals surface area (Å²) in [7, 11) is 0. The number of aliphatic hydroxyl groups is 1. The Morgan fingerprint density at radius 1 is 1.47 bits per heavy atom. The number of hydrogen-bond donors (Lipinski definition) is 3.